The van der Waals surface area contributed by atoms with Crippen LogP contribution in [-0.2, 0) is 0 Å². The van der Waals surface area contributed by atoms with Crippen LogP contribution in [0.4, 0.5) is 0 Å². The number of rotatable bonds is 2. The summed E-state index contributed by atoms with van der Waals surface area (Å²) in [6.45, 7) is 3.10. The van der Waals surface area contributed by atoms with Crippen molar-refractivity contribution in [2.45, 2.75) is 13.3 Å². The Labute approximate surface area is 93.9 Å². The molecule has 0 fully saturated rings. The molecule has 0 saturated carbocycles. The van der Waals surface area contributed by atoms with E-state index in [1.165, 1.54) is 4.70 Å². The normalized spacial score (nSPS) is 9.57. The van der Waals surface area contributed by atoms with E-state index in [4.69, 9.17) is 0 Å². The molecule has 1 aromatic carbocycles. The molecule has 1 N–H and O–H groups in total. The monoisotopic (exact) mass is 226 g/mol. The van der Waals surface area contributed by atoms with Gasteiger partial charge in [0.25, 0.3) is 0 Å². The van der Waals surface area contributed by atoms with E-state index < -0.39 is 0 Å². The molecule has 0 unspecified atom stereocenters. The van der Waals surface area contributed by atoms with Crippen molar-refractivity contribution < 1.29 is 0 Å². The second-order valence-electron chi connectivity index (χ2n) is 2.73. The first-order valence-corrected chi connectivity index (χ1v) is 5.86. The van der Waals surface area contributed by atoms with Gasteiger partial charge in [-0.1, -0.05) is 31.9 Å². The maximum absolute atomic E-state index is 4.14. The summed E-state index contributed by atoms with van der Waals surface area (Å²) in [7, 11) is 0. The lowest BCUT2D eigenvalue weighted by Crippen LogP contribution is -1.96. The largest absolute Gasteiger partial charge is 0.267 e. The summed E-state index contributed by atoms with van der Waals surface area (Å²) >= 11 is 5.43. The minimum atomic E-state index is 1.00. The summed E-state index contributed by atoms with van der Waals surface area (Å²) in [6, 6.07) is 8.13. The minimum Gasteiger partial charge on any atom is -0.267 e. The van der Waals surface area contributed by atoms with Crippen molar-refractivity contribution in [3.05, 3.63) is 29.8 Å². The molecule has 1 heterocycles. The highest BCUT2D eigenvalue weighted by Crippen LogP contribution is 2.15. The molecule has 0 aliphatic carbocycles. The molecule has 2 rings (SSSR count). The number of thiol groups is 1. The van der Waals surface area contributed by atoms with Gasteiger partial charge >= 0.3 is 0 Å². The number of nitrogens with zero attached hydrogens (tertiary/aromatic N) is 1. The average Bonchev–Trinajstić information content (AvgIpc) is 2.67. The SMILES string of the molecule is CCCNS.c1ccc2scnc2c1. The number of para-hydroxylation sites is 1. The first-order chi connectivity index (χ1) is 6.88. The molecular formula is C10H14N2S2. The first kappa shape index (κ1) is 11.5. The Morgan fingerprint density at radius 1 is 1.43 bits per heavy atom. The Hall–Kier alpha value is -0.580. The fourth-order valence-corrected chi connectivity index (χ4v) is 1.82. The molecule has 0 aliphatic heterocycles. The van der Waals surface area contributed by atoms with Crippen molar-refractivity contribution in [3.63, 3.8) is 0 Å². The third-order valence-corrected chi connectivity index (χ3v) is 2.63. The molecule has 0 saturated heterocycles. The fourth-order valence-electron chi connectivity index (χ4n) is 0.915. The van der Waals surface area contributed by atoms with Crippen LogP contribution in [0.2, 0.25) is 0 Å². The molecule has 4 heteroatoms. The van der Waals surface area contributed by atoms with Crippen molar-refractivity contribution in [1.82, 2.24) is 9.71 Å². The van der Waals surface area contributed by atoms with E-state index in [1.54, 1.807) is 11.3 Å². The van der Waals surface area contributed by atoms with Crippen LogP contribution >= 0.6 is 24.2 Å². The quantitative estimate of drug-likeness (QED) is 0.769. The van der Waals surface area contributed by atoms with Crippen LogP contribution < -0.4 is 4.72 Å². The van der Waals surface area contributed by atoms with Gasteiger partial charge in [-0.2, -0.15) is 0 Å². The summed E-state index contributed by atoms with van der Waals surface area (Å²) in [6.07, 6.45) is 1.16. The van der Waals surface area contributed by atoms with E-state index in [-0.39, 0.29) is 0 Å². The summed E-state index contributed by atoms with van der Waals surface area (Å²) < 4.78 is 3.97. The highest BCUT2D eigenvalue weighted by Gasteiger charge is 1.89. The highest BCUT2D eigenvalue weighted by atomic mass is 32.1. The van der Waals surface area contributed by atoms with Gasteiger partial charge in [0.15, 0.2) is 0 Å². The zero-order valence-corrected chi connectivity index (χ0v) is 9.81. The van der Waals surface area contributed by atoms with Crippen LogP contribution in [-0.4, -0.2) is 11.5 Å². The topological polar surface area (TPSA) is 24.9 Å². The van der Waals surface area contributed by atoms with Crippen LogP contribution in [0, 0.1) is 0 Å². The van der Waals surface area contributed by atoms with Gasteiger partial charge in [-0.25, -0.2) is 4.98 Å². The van der Waals surface area contributed by atoms with Gasteiger partial charge in [-0.05, 0) is 18.6 Å². The van der Waals surface area contributed by atoms with Gasteiger partial charge in [-0.3, -0.25) is 4.72 Å². The van der Waals surface area contributed by atoms with Crippen LogP contribution in [0.3, 0.4) is 0 Å². The van der Waals surface area contributed by atoms with Crippen molar-refractivity contribution in [1.29, 1.82) is 0 Å². The van der Waals surface area contributed by atoms with Gasteiger partial charge in [0.2, 0.25) is 0 Å². The van der Waals surface area contributed by atoms with Gasteiger partial charge in [0.1, 0.15) is 0 Å². The molecule has 76 valence electrons. The zero-order chi connectivity index (χ0) is 10.2. The van der Waals surface area contributed by atoms with Crippen molar-refractivity contribution in [3.8, 4) is 0 Å². The molecule has 1 aromatic heterocycles. The molecule has 0 radical (unpaired) electrons. The predicted octanol–water partition coefficient (Wildman–Crippen LogP) is 3.13. The third-order valence-electron chi connectivity index (χ3n) is 1.60. The zero-order valence-electron chi connectivity index (χ0n) is 8.10. The predicted molar refractivity (Wildman–Crippen MR) is 66.9 cm³/mol. The van der Waals surface area contributed by atoms with Crippen molar-refractivity contribution in [2.75, 3.05) is 6.54 Å². The van der Waals surface area contributed by atoms with Crippen LogP contribution in [0.15, 0.2) is 29.8 Å². The van der Waals surface area contributed by atoms with E-state index in [2.05, 4.69) is 35.5 Å². The fraction of sp³-hybridized carbons (Fsp3) is 0.300. The number of thiazole rings is 1. The molecule has 2 aromatic rings. The Bertz CT molecular complexity index is 327. The summed E-state index contributed by atoms with van der Waals surface area (Å²) in [5, 5.41) is 0. The lowest BCUT2D eigenvalue weighted by molar-refractivity contribution is 0.882. The van der Waals surface area contributed by atoms with Gasteiger partial charge in [-0.15, -0.1) is 11.3 Å². The lowest BCUT2D eigenvalue weighted by atomic mass is 10.3. The van der Waals surface area contributed by atoms with Crippen molar-refractivity contribution >= 4 is 34.4 Å². The summed E-state index contributed by atoms with van der Waals surface area (Å²) in [4.78, 5) is 4.14. The molecule has 0 aliphatic rings. The molecule has 0 spiro atoms. The molecular weight excluding hydrogens is 212 g/mol. The molecule has 2 nitrogen and oxygen atoms in total. The van der Waals surface area contributed by atoms with Gasteiger partial charge in [0, 0.05) is 6.54 Å². The maximum Gasteiger partial charge on any atom is 0.0812 e. The summed E-state index contributed by atoms with van der Waals surface area (Å²) in [5.74, 6) is 0. The van der Waals surface area contributed by atoms with E-state index in [1.807, 2.05) is 23.7 Å². The average molecular weight is 226 g/mol. The van der Waals surface area contributed by atoms with E-state index in [0.29, 0.717) is 0 Å². The second kappa shape index (κ2) is 6.81. The van der Waals surface area contributed by atoms with E-state index in [9.17, 15) is 0 Å². The Balaban J connectivity index is 0.000000171. The Morgan fingerprint density at radius 3 is 2.79 bits per heavy atom. The van der Waals surface area contributed by atoms with Crippen LogP contribution in [0.25, 0.3) is 10.2 Å². The van der Waals surface area contributed by atoms with E-state index >= 15 is 0 Å². The van der Waals surface area contributed by atoms with Crippen molar-refractivity contribution in [2.24, 2.45) is 0 Å². The number of nitrogens with one attached hydrogen (secondary N) is 1. The smallest absolute Gasteiger partial charge is 0.0812 e. The minimum absolute atomic E-state index is 1.00. The summed E-state index contributed by atoms with van der Waals surface area (Å²) in [5.41, 5.74) is 2.97. The first-order valence-electron chi connectivity index (χ1n) is 4.53. The standard InChI is InChI=1S/C7H5NS.C3H9NS/c1-2-4-7-6(3-1)8-5-9-7;1-2-3-4-5/h1-5H;4-5H,2-3H2,1H3. The Morgan fingerprint density at radius 2 is 2.21 bits per heavy atom. The third kappa shape index (κ3) is 3.65. The number of aromatic nitrogens is 1. The number of hydrogen-bond acceptors (Lipinski definition) is 4. The number of fused-ring (bicyclic) bond motifs is 1. The Kier molecular flexibility index (Phi) is 5.59. The molecule has 0 amide bonds. The van der Waals surface area contributed by atoms with Gasteiger partial charge in [0.05, 0.1) is 15.7 Å². The molecule has 0 bridgehead atoms. The molecule has 0 atom stereocenters. The molecule has 14 heavy (non-hydrogen) atoms. The van der Waals surface area contributed by atoms with E-state index in [0.717, 1.165) is 18.5 Å². The van der Waals surface area contributed by atoms with Crippen LogP contribution in [0.5, 0.6) is 0 Å². The van der Waals surface area contributed by atoms with Gasteiger partial charge < -0.3 is 0 Å². The lowest BCUT2D eigenvalue weighted by Gasteiger charge is -1.83. The van der Waals surface area contributed by atoms with Crippen LogP contribution in [0.1, 0.15) is 13.3 Å². The number of hydrogen-bond donors (Lipinski definition) is 2. The maximum atomic E-state index is 4.14. The highest BCUT2D eigenvalue weighted by molar-refractivity contribution is 7.78. The number of benzene rings is 1. The second-order valence-corrected chi connectivity index (χ2v) is 3.93.